The van der Waals surface area contributed by atoms with Gasteiger partial charge in [-0.2, -0.15) is 0 Å². The van der Waals surface area contributed by atoms with Gasteiger partial charge in [-0.15, -0.1) is 0 Å². The fourth-order valence-corrected chi connectivity index (χ4v) is 3.08. The largest absolute Gasteiger partial charge is 0.493 e. The van der Waals surface area contributed by atoms with E-state index in [1.807, 2.05) is 19.2 Å². The van der Waals surface area contributed by atoms with Crippen LogP contribution in [0.3, 0.4) is 0 Å². The van der Waals surface area contributed by atoms with Crippen molar-refractivity contribution in [2.45, 2.75) is 19.1 Å². The molecule has 1 aromatic heterocycles. The molecule has 130 valence electrons. The van der Waals surface area contributed by atoms with Crippen LogP contribution in [-0.4, -0.2) is 41.2 Å². The maximum atomic E-state index is 13.7. The van der Waals surface area contributed by atoms with Crippen LogP contribution in [0.4, 0.5) is 15.9 Å². The SMILES string of the molecule is CN1Cc2cc(F)ccc2OCCCNc2ncnc3c2NC1C=C3. The highest BCUT2D eigenvalue weighted by molar-refractivity contribution is 5.77. The minimum atomic E-state index is -0.255. The van der Waals surface area contributed by atoms with Crippen molar-refractivity contribution in [2.24, 2.45) is 0 Å². The Balaban J connectivity index is 1.68. The van der Waals surface area contributed by atoms with Crippen molar-refractivity contribution in [3.05, 3.63) is 47.7 Å². The van der Waals surface area contributed by atoms with Crippen molar-refractivity contribution < 1.29 is 9.13 Å². The van der Waals surface area contributed by atoms with E-state index in [9.17, 15) is 4.39 Å². The minimum Gasteiger partial charge on any atom is -0.493 e. The highest BCUT2D eigenvalue weighted by atomic mass is 19.1. The van der Waals surface area contributed by atoms with Crippen molar-refractivity contribution in [3.63, 3.8) is 0 Å². The van der Waals surface area contributed by atoms with Crippen molar-refractivity contribution in [3.8, 4) is 5.75 Å². The normalized spacial score (nSPS) is 20.0. The molecule has 1 unspecified atom stereocenters. The average molecular weight is 341 g/mol. The summed E-state index contributed by atoms with van der Waals surface area (Å²) in [6.07, 6.45) is 6.35. The minimum absolute atomic E-state index is 0.0454. The summed E-state index contributed by atoms with van der Waals surface area (Å²) < 4.78 is 19.6. The Labute approximate surface area is 145 Å². The first-order chi connectivity index (χ1) is 12.2. The summed E-state index contributed by atoms with van der Waals surface area (Å²) in [5.74, 6) is 1.26. The number of aromatic nitrogens is 2. The second-order valence-corrected chi connectivity index (χ2v) is 6.23. The summed E-state index contributed by atoms with van der Waals surface area (Å²) in [6.45, 7) is 1.84. The van der Waals surface area contributed by atoms with Crippen LogP contribution in [-0.2, 0) is 6.54 Å². The Bertz CT molecular complexity index is 810. The van der Waals surface area contributed by atoms with Crippen LogP contribution in [0, 0.1) is 5.82 Å². The van der Waals surface area contributed by atoms with Gasteiger partial charge in [0.25, 0.3) is 0 Å². The quantitative estimate of drug-likeness (QED) is 0.768. The van der Waals surface area contributed by atoms with Gasteiger partial charge >= 0.3 is 0 Å². The summed E-state index contributed by atoms with van der Waals surface area (Å²) in [6, 6.07) is 4.68. The van der Waals surface area contributed by atoms with Crippen LogP contribution >= 0.6 is 0 Å². The van der Waals surface area contributed by atoms with Gasteiger partial charge in [0, 0.05) is 18.7 Å². The van der Waals surface area contributed by atoms with Crippen LogP contribution in [0.2, 0.25) is 0 Å². The highest BCUT2D eigenvalue weighted by Gasteiger charge is 2.22. The molecule has 0 radical (unpaired) electrons. The molecule has 25 heavy (non-hydrogen) atoms. The van der Waals surface area contributed by atoms with Crippen molar-refractivity contribution in [1.29, 1.82) is 0 Å². The standard InChI is InChI=1S/C18H20FN5O/c1-24-10-12-9-13(19)3-5-15(12)25-8-2-7-20-18-17-14(21-11-22-18)4-6-16(24)23-17/h3-6,9,11,16,23H,2,7-8,10H2,1H3,(H,20,21,22). The number of likely N-dealkylation sites (N-methyl/N-ethyl adjacent to an activating group) is 1. The number of rotatable bonds is 0. The van der Waals surface area contributed by atoms with Gasteiger partial charge in [-0.05, 0) is 43.8 Å². The topological polar surface area (TPSA) is 62.3 Å². The molecule has 0 saturated heterocycles. The number of anilines is 2. The molecule has 7 heteroatoms. The van der Waals surface area contributed by atoms with Crippen LogP contribution in [0.25, 0.3) is 6.08 Å². The first-order valence-corrected chi connectivity index (χ1v) is 8.36. The number of benzene rings is 1. The van der Waals surface area contributed by atoms with Crippen molar-refractivity contribution >= 4 is 17.6 Å². The lowest BCUT2D eigenvalue weighted by Gasteiger charge is -2.31. The predicted molar refractivity (Wildman–Crippen MR) is 94.9 cm³/mol. The zero-order chi connectivity index (χ0) is 17.2. The first kappa shape index (κ1) is 15.8. The molecule has 1 aromatic carbocycles. The molecule has 6 nitrogen and oxygen atoms in total. The number of hydrogen-bond donors (Lipinski definition) is 2. The summed E-state index contributed by atoms with van der Waals surface area (Å²) in [7, 11) is 1.98. The van der Waals surface area contributed by atoms with Crippen LogP contribution in [0.15, 0.2) is 30.6 Å². The monoisotopic (exact) mass is 341 g/mol. The van der Waals surface area contributed by atoms with Crippen molar-refractivity contribution in [2.75, 3.05) is 30.8 Å². The molecule has 2 aliphatic heterocycles. The molecule has 2 aromatic rings. The number of ether oxygens (including phenoxy) is 1. The van der Waals surface area contributed by atoms with Gasteiger partial charge in [-0.25, -0.2) is 14.4 Å². The van der Waals surface area contributed by atoms with Crippen molar-refractivity contribution in [1.82, 2.24) is 14.9 Å². The van der Waals surface area contributed by atoms with E-state index in [1.54, 1.807) is 18.5 Å². The Hall–Kier alpha value is -2.67. The Kier molecular flexibility index (Phi) is 4.23. The zero-order valence-corrected chi connectivity index (χ0v) is 14.0. The van der Waals surface area contributed by atoms with E-state index in [4.69, 9.17) is 4.74 Å². The molecule has 0 amide bonds. The summed E-state index contributed by atoms with van der Waals surface area (Å²) in [5, 5.41) is 6.80. The van der Waals surface area contributed by atoms with Crippen LogP contribution in [0.5, 0.6) is 5.75 Å². The van der Waals surface area contributed by atoms with Gasteiger partial charge in [0.2, 0.25) is 0 Å². The van der Waals surface area contributed by atoms with E-state index in [-0.39, 0.29) is 12.0 Å². The molecule has 2 N–H and O–H groups in total. The first-order valence-electron chi connectivity index (χ1n) is 8.36. The van der Waals surface area contributed by atoms with Crippen LogP contribution < -0.4 is 15.4 Å². The van der Waals surface area contributed by atoms with E-state index in [2.05, 4.69) is 25.5 Å². The predicted octanol–water partition coefficient (Wildman–Crippen LogP) is 2.71. The molecule has 0 spiro atoms. The maximum Gasteiger partial charge on any atom is 0.153 e. The molecule has 0 fully saturated rings. The van der Waals surface area contributed by atoms with Gasteiger partial charge < -0.3 is 15.4 Å². The molecule has 0 saturated carbocycles. The Morgan fingerprint density at radius 1 is 1.32 bits per heavy atom. The molecule has 1 atom stereocenters. The fourth-order valence-electron chi connectivity index (χ4n) is 3.08. The molecular weight excluding hydrogens is 321 g/mol. The van der Waals surface area contributed by atoms with Crippen LogP contribution in [0.1, 0.15) is 17.7 Å². The lowest BCUT2D eigenvalue weighted by Crippen LogP contribution is -2.38. The molecule has 0 aliphatic carbocycles. The smallest absolute Gasteiger partial charge is 0.153 e. The molecular formula is C18H20FN5O. The second-order valence-electron chi connectivity index (χ2n) is 6.23. The van der Waals surface area contributed by atoms with E-state index < -0.39 is 0 Å². The molecule has 2 bridgehead atoms. The number of nitrogens with zero attached hydrogens (tertiary/aromatic N) is 3. The zero-order valence-electron chi connectivity index (χ0n) is 14.0. The highest BCUT2D eigenvalue weighted by Crippen LogP contribution is 2.30. The number of halogens is 1. The average Bonchev–Trinajstić information content (AvgIpc) is 2.63. The van der Waals surface area contributed by atoms with Gasteiger partial charge in [-0.1, -0.05) is 0 Å². The van der Waals surface area contributed by atoms with Gasteiger partial charge in [-0.3, -0.25) is 4.90 Å². The lowest BCUT2D eigenvalue weighted by atomic mass is 10.1. The van der Waals surface area contributed by atoms with Gasteiger partial charge in [0.15, 0.2) is 5.82 Å². The number of nitrogens with one attached hydrogen (secondary N) is 2. The molecule has 2 aliphatic rings. The summed E-state index contributed by atoms with van der Waals surface area (Å²) in [4.78, 5) is 10.8. The van der Waals surface area contributed by atoms with Gasteiger partial charge in [0.1, 0.15) is 23.6 Å². The van der Waals surface area contributed by atoms with E-state index in [0.29, 0.717) is 13.2 Å². The van der Waals surface area contributed by atoms with E-state index in [1.165, 1.54) is 6.07 Å². The maximum absolute atomic E-state index is 13.7. The van der Waals surface area contributed by atoms with E-state index in [0.717, 1.165) is 41.5 Å². The fraction of sp³-hybridized carbons (Fsp3) is 0.333. The summed E-state index contributed by atoms with van der Waals surface area (Å²) in [5.41, 5.74) is 2.58. The third kappa shape index (κ3) is 3.28. The Morgan fingerprint density at radius 2 is 2.24 bits per heavy atom. The molecule has 3 heterocycles. The summed E-state index contributed by atoms with van der Waals surface area (Å²) >= 11 is 0. The van der Waals surface area contributed by atoms with E-state index >= 15 is 0 Å². The Morgan fingerprint density at radius 3 is 3.16 bits per heavy atom. The third-order valence-electron chi connectivity index (χ3n) is 4.39. The van der Waals surface area contributed by atoms with Gasteiger partial charge in [0.05, 0.1) is 18.5 Å². The molecule has 4 rings (SSSR count). The number of fused-ring (bicyclic) bond motifs is 2. The second kappa shape index (κ2) is 6.68. The lowest BCUT2D eigenvalue weighted by molar-refractivity contribution is 0.276. The number of hydrogen-bond acceptors (Lipinski definition) is 6. The third-order valence-corrected chi connectivity index (χ3v) is 4.39.